The van der Waals surface area contributed by atoms with Crippen LogP contribution in [0.25, 0.3) is 16.9 Å². The van der Waals surface area contributed by atoms with Gasteiger partial charge >= 0.3 is 5.97 Å². The number of rotatable bonds is 7. The number of carbonyl (C=O) groups is 2. The van der Waals surface area contributed by atoms with Gasteiger partial charge in [-0.3, -0.25) is 9.00 Å². The molecule has 34 heavy (non-hydrogen) atoms. The maximum atomic E-state index is 12.6. The van der Waals surface area contributed by atoms with Gasteiger partial charge in [-0.15, -0.1) is 0 Å². The first-order chi connectivity index (χ1) is 16.4. The zero-order valence-electron chi connectivity index (χ0n) is 18.7. The third-order valence-electron chi connectivity index (χ3n) is 5.08. The smallest absolute Gasteiger partial charge is 0.338 e. The highest BCUT2D eigenvalue weighted by molar-refractivity contribution is 7.84. The molecule has 3 aromatic carbocycles. The van der Waals surface area contributed by atoms with E-state index in [9.17, 15) is 13.8 Å². The molecule has 0 fully saturated rings. The highest BCUT2D eigenvalue weighted by Crippen LogP contribution is 2.25. The average molecular weight is 474 g/mol. The summed E-state index contributed by atoms with van der Waals surface area (Å²) in [4.78, 5) is 25.5. The van der Waals surface area contributed by atoms with Crippen LogP contribution in [0.3, 0.4) is 0 Å². The molecule has 0 saturated carbocycles. The third-order valence-corrected chi connectivity index (χ3v) is 6.02. The van der Waals surface area contributed by atoms with Gasteiger partial charge in [-0.2, -0.15) is 5.10 Å². The molecule has 1 amide bonds. The molecule has 4 rings (SSSR count). The summed E-state index contributed by atoms with van der Waals surface area (Å²) in [5.41, 5.74) is 3.81. The fourth-order valence-corrected chi connectivity index (χ4v) is 3.80. The second-order valence-electron chi connectivity index (χ2n) is 7.63. The fraction of sp³-hybridized carbons (Fsp3) is 0.115. The van der Waals surface area contributed by atoms with Gasteiger partial charge in [0, 0.05) is 33.6 Å². The van der Waals surface area contributed by atoms with Crippen LogP contribution in [0.5, 0.6) is 0 Å². The standard InChI is InChI=1S/C26H23N3O4S/c1-18-8-10-19(11-9-18)23-16-24(29(28-23)21-6-4-3-5-7-21)27-25(30)17-33-26(31)20-12-14-22(15-13-20)34(2)32/h3-16H,17H2,1-2H3,(H,27,30)/t34-/m0/s1. The van der Waals surface area contributed by atoms with E-state index in [0.29, 0.717) is 16.4 Å². The zero-order valence-corrected chi connectivity index (χ0v) is 19.5. The van der Waals surface area contributed by atoms with Crippen molar-refractivity contribution >= 4 is 28.5 Å². The molecule has 0 radical (unpaired) electrons. The second-order valence-corrected chi connectivity index (χ2v) is 9.01. The monoisotopic (exact) mass is 473 g/mol. The molecule has 0 aliphatic heterocycles. The van der Waals surface area contributed by atoms with Gasteiger partial charge in [-0.05, 0) is 43.3 Å². The molecule has 1 N–H and O–H groups in total. The van der Waals surface area contributed by atoms with Crippen molar-refractivity contribution in [2.75, 3.05) is 18.2 Å². The van der Waals surface area contributed by atoms with Gasteiger partial charge in [0.25, 0.3) is 5.91 Å². The largest absolute Gasteiger partial charge is 0.452 e. The van der Waals surface area contributed by atoms with E-state index in [1.807, 2.05) is 61.5 Å². The first kappa shape index (κ1) is 23.1. The minimum Gasteiger partial charge on any atom is -0.452 e. The summed E-state index contributed by atoms with van der Waals surface area (Å²) in [6, 6.07) is 25.4. The molecule has 0 aliphatic carbocycles. The molecular weight excluding hydrogens is 450 g/mol. The SMILES string of the molecule is Cc1ccc(-c2cc(NC(=O)COC(=O)c3ccc([S@](C)=O)cc3)n(-c3ccccc3)n2)cc1. The summed E-state index contributed by atoms with van der Waals surface area (Å²) in [5, 5.41) is 7.45. The molecule has 1 aromatic heterocycles. The number of para-hydroxylation sites is 1. The quantitative estimate of drug-likeness (QED) is 0.402. The second kappa shape index (κ2) is 10.3. The molecule has 0 spiro atoms. The lowest BCUT2D eigenvalue weighted by Crippen LogP contribution is -2.22. The topological polar surface area (TPSA) is 90.3 Å². The summed E-state index contributed by atoms with van der Waals surface area (Å²) in [6.45, 7) is 1.55. The number of nitrogens with zero attached hydrogens (tertiary/aromatic N) is 2. The van der Waals surface area contributed by atoms with Crippen LogP contribution in [-0.2, 0) is 20.3 Å². The number of ether oxygens (including phenoxy) is 1. The Labute approximate surface area is 199 Å². The van der Waals surface area contributed by atoms with E-state index in [1.54, 1.807) is 29.1 Å². The molecule has 0 unspecified atom stereocenters. The van der Waals surface area contributed by atoms with Crippen LogP contribution >= 0.6 is 0 Å². The number of carbonyl (C=O) groups excluding carboxylic acids is 2. The van der Waals surface area contributed by atoms with Crippen LogP contribution in [0.15, 0.2) is 89.8 Å². The van der Waals surface area contributed by atoms with E-state index >= 15 is 0 Å². The van der Waals surface area contributed by atoms with Crippen molar-refractivity contribution in [3.05, 3.63) is 96.1 Å². The predicted octanol–water partition coefficient (Wildman–Crippen LogP) is 4.38. The molecule has 4 aromatic rings. The van der Waals surface area contributed by atoms with Gasteiger partial charge in [-0.1, -0.05) is 48.0 Å². The first-order valence-corrected chi connectivity index (χ1v) is 12.1. The number of hydrogen-bond acceptors (Lipinski definition) is 5. The maximum absolute atomic E-state index is 12.6. The van der Waals surface area contributed by atoms with Crippen molar-refractivity contribution in [3.8, 4) is 16.9 Å². The van der Waals surface area contributed by atoms with Gasteiger partial charge < -0.3 is 10.1 Å². The van der Waals surface area contributed by atoms with E-state index in [-0.39, 0.29) is 5.56 Å². The van der Waals surface area contributed by atoms with Crippen LogP contribution < -0.4 is 5.32 Å². The average Bonchev–Trinajstić information content (AvgIpc) is 3.27. The number of aromatic nitrogens is 2. The van der Waals surface area contributed by atoms with E-state index in [4.69, 9.17) is 4.74 Å². The summed E-state index contributed by atoms with van der Waals surface area (Å²) >= 11 is 0. The molecule has 172 valence electrons. The number of benzene rings is 3. The molecule has 1 heterocycles. The van der Waals surface area contributed by atoms with Gasteiger partial charge in [0.05, 0.1) is 16.9 Å². The lowest BCUT2D eigenvalue weighted by atomic mass is 10.1. The molecular formula is C26H23N3O4S. The Morgan fingerprint density at radius 2 is 1.65 bits per heavy atom. The number of aryl methyl sites for hydroxylation is 1. The molecule has 1 atom stereocenters. The Balaban J connectivity index is 1.49. The van der Waals surface area contributed by atoms with Crippen molar-refractivity contribution in [2.45, 2.75) is 11.8 Å². The fourth-order valence-electron chi connectivity index (χ4n) is 3.28. The van der Waals surface area contributed by atoms with Crippen molar-refractivity contribution in [3.63, 3.8) is 0 Å². The van der Waals surface area contributed by atoms with Crippen molar-refractivity contribution in [1.29, 1.82) is 0 Å². The van der Waals surface area contributed by atoms with Crippen LogP contribution in [0, 0.1) is 6.92 Å². The Hall–Kier alpha value is -4.04. The zero-order chi connectivity index (χ0) is 24.1. The summed E-state index contributed by atoms with van der Waals surface area (Å²) in [7, 11) is -1.14. The highest BCUT2D eigenvalue weighted by Gasteiger charge is 2.16. The first-order valence-electron chi connectivity index (χ1n) is 10.5. The van der Waals surface area contributed by atoms with Gasteiger partial charge in [0.15, 0.2) is 6.61 Å². The number of amides is 1. The van der Waals surface area contributed by atoms with Gasteiger partial charge in [-0.25, -0.2) is 9.48 Å². The lowest BCUT2D eigenvalue weighted by molar-refractivity contribution is -0.119. The molecule has 8 heteroatoms. The van der Waals surface area contributed by atoms with Gasteiger partial charge in [0.1, 0.15) is 5.82 Å². The van der Waals surface area contributed by atoms with Crippen molar-refractivity contribution in [1.82, 2.24) is 9.78 Å². The number of esters is 1. The summed E-state index contributed by atoms with van der Waals surface area (Å²) < 4.78 is 18.3. The predicted molar refractivity (Wildman–Crippen MR) is 131 cm³/mol. The lowest BCUT2D eigenvalue weighted by Gasteiger charge is -2.09. The van der Waals surface area contributed by atoms with Crippen molar-refractivity contribution < 1.29 is 18.5 Å². The minimum absolute atomic E-state index is 0.276. The van der Waals surface area contributed by atoms with Crippen LogP contribution in [0.2, 0.25) is 0 Å². The van der Waals surface area contributed by atoms with Crippen LogP contribution in [0.1, 0.15) is 15.9 Å². The summed E-state index contributed by atoms with van der Waals surface area (Å²) in [6.07, 6.45) is 1.56. The normalized spacial score (nSPS) is 11.6. The maximum Gasteiger partial charge on any atom is 0.338 e. The van der Waals surface area contributed by atoms with Crippen LogP contribution in [0.4, 0.5) is 5.82 Å². The Morgan fingerprint density at radius 1 is 0.971 bits per heavy atom. The minimum atomic E-state index is -1.14. The van der Waals surface area contributed by atoms with Crippen LogP contribution in [-0.4, -0.2) is 38.7 Å². The van der Waals surface area contributed by atoms with Gasteiger partial charge in [0.2, 0.25) is 0 Å². The van der Waals surface area contributed by atoms with E-state index < -0.39 is 29.3 Å². The third kappa shape index (κ3) is 5.47. The number of hydrogen-bond donors (Lipinski definition) is 1. The molecule has 0 aliphatic rings. The number of anilines is 1. The molecule has 0 saturated heterocycles. The molecule has 7 nitrogen and oxygen atoms in total. The Morgan fingerprint density at radius 3 is 2.29 bits per heavy atom. The Kier molecular flexibility index (Phi) is 6.98. The van der Waals surface area contributed by atoms with E-state index in [1.165, 1.54) is 12.1 Å². The number of nitrogens with one attached hydrogen (secondary N) is 1. The van der Waals surface area contributed by atoms with E-state index in [2.05, 4.69) is 10.4 Å². The Bertz CT molecular complexity index is 1330. The van der Waals surface area contributed by atoms with Crippen molar-refractivity contribution in [2.24, 2.45) is 0 Å². The molecule has 0 bridgehead atoms. The van der Waals surface area contributed by atoms with E-state index in [0.717, 1.165) is 16.8 Å². The summed E-state index contributed by atoms with van der Waals surface area (Å²) in [5.74, 6) is -0.676. The highest BCUT2D eigenvalue weighted by atomic mass is 32.2.